The number of nitrogens with zero attached hydrogens (tertiary/aromatic N) is 1. The average Bonchev–Trinajstić information content (AvgIpc) is 2.29. The van der Waals surface area contributed by atoms with Gasteiger partial charge in [-0.1, -0.05) is 0 Å². The first-order valence-electron chi connectivity index (χ1n) is 6.44. The zero-order valence-electron chi connectivity index (χ0n) is 11.7. The van der Waals surface area contributed by atoms with Gasteiger partial charge in [0.25, 0.3) is 0 Å². The van der Waals surface area contributed by atoms with Crippen molar-refractivity contribution in [3.05, 3.63) is 28.5 Å². The number of alkyl carbamates (subject to hydrolysis) is 1. The number of halogens is 1. The minimum atomic E-state index is -0.439. The molecule has 0 aliphatic rings. The van der Waals surface area contributed by atoms with Gasteiger partial charge in [-0.2, -0.15) is 0 Å². The van der Waals surface area contributed by atoms with E-state index in [9.17, 15) is 4.79 Å². The Morgan fingerprint density at radius 2 is 2.11 bits per heavy atom. The number of rotatable bonds is 5. The van der Waals surface area contributed by atoms with Crippen LogP contribution in [0.2, 0.25) is 0 Å². The standard InChI is InChI=1S/C14H21BrN2O2/c1-14(2,3)19-13(18)16-9-5-4-6-12-8-7-11(15)10-17-12/h7-8,10H,4-6,9H2,1-3H3,(H,16,18). The molecule has 0 aliphatic carbocycles. The lowest BCUT2D eigenvalue weighted by Crippen LogP contribution is -2.33. The molecule has 0 bridgehead atoms. The Bertz CT molecular complexity index is 399. The second-order valence-corrected chi connectivity index (χ2v) is 6.27. The van der Waals surface area contributed by atoms with E-state index in [0.29, 0.717) is 6.54 Å². The maximum Gasteiger partial charge on any atom is 0.407 e. The number of aromatic nitrogens is 1. The Labute approximate surface area is 123 Å². The van der Waals surface area contributed by atoms with Gasteiger partial charge >= 0.3 is 6.09 Å². The number of ether oxygens (including phenoxy) is 1. The van der Waals surface area contributed by atoms with Gasteiger partial charge in [0.1, 0.15) is 5.60 Å². The summed E-state index contributed by atoms with van der Waals surface area (Å²) in [6.45, 7) is 6.19. The van der Waals surface area contributed by atoms with Crippen molar-refractivity contribution in [1.82, 2.24) is 10.3 Å². The van der Waals surface area contributed by atoms with E-state index in [4.69, 9.17) is 4.74 Å². The average molecular weight is 329 g/mol. The van der Waals surface area contributed by atoms with Gasteiger partial charge in [0, 0.05) is 22.9 Å². The molecule has 1 rings (SSSR count). The van der Waals surface area contributed by atoms with E-state index in [0.717, 1.165) is 29.4 Å². The first-order chi connectivity index (χ1) is 8.87. The van der Waals surface area contributed by atoms with Crippen LogP contribution in [-0.2, 0) is 11.2 Å². The number of nitrogens with one attached hydrogen (secondary N) is 1. The zero-order valence-corrected chi connectivity index (χ0v) is 13.3. The van der Waals surface area contributed by atoms with Crippen LogP contribution in [0, 0.1) is 0 Å². The molecule has 1 aromatic heterocycles. The molecule has 1 aromatic rings. The third kappa shape index (κ3) is 7.82. The SMILES string of the molecule is CC(C)(C)OC(=O)NCCCCc1ccc(Br)cn1. The Morgan fingerprint density at radius 1 is 1.37 bits per heavy atom. The van der Waals surface area contributed by atoms with E-state index < -0.39 is 5.60 Å². The molecule has 5 heteroatoms. The monoisotopic (exact) mass is 328 g/mol. The van der Waals surface area contributed by atoms with Crippen LogP contribution in [-0.4, -0.2) is 23.2 Å². The van der Waals surface area contributed by atoms with Crippen LogP contribution < -0.4 is 5.32 Å². The highest BCUT2D eigenvalue weighted by atomic mass is 79.9. The second kappa shape index (κ2) is 7.48. The van der Waals surface area contributed by atoms with E-state index in [2.05, 4.69) is 26.2 Å². The van der Waals surface area contributed by atoms with Crippen molar-refractivity contribution in [2.24, 2.45) is 0 Å². The number of aryl methyl sites for hydroxylation is 1. The third-order valence-electron chi connectivity index (χ3n) is 2.32. The Morgan fingerprint density at radius 3 is 2.68 bits per heavy atom. The van der Waals surface area contributed by atoms with Crippen LogP contribution in [0.3, 0.4) is 0 Å². The number of carbonyl (C=O) groups is 1. The van der Waals surface area contributed by atoms with Crippen molar-refractivity contribution in [3.63, 3.8) is 0 Å². The topological polar surface area (TPSA) is 51.2 Å². The van der Waals surface area contributed by atoms with Gasteiger partial charge in [0.15, 0.2) is 0 Å². The maximum atomic E-state index is 11.4. The number of pyridine rings is 1. The molecular weight excluding hydrogens is 308 g/mol. The van der Waals surface area contributed by atoms with Crippen molar-refractivity contribution < 1.29 is 9.53 Å². The Hall–Kier alpha value is -1.10. The quantitative estimate of drug-likeness (QED) is 0.838. The van der Waals surface area contributed by atoms with Crippen molar-refractivity contribution in [2.75, 3.05) is 6.54 Å². The van der Waals surface area contributed by atoms with Crippen LogP contribution in [0.5, 0.6) is 0 Å². The number of hydrogen-bond acceptors (Lipinski definition) is 3. The summed E-state index contributed by atoms with van der Waals surface area (Å²) in [4.78, 5) is 15.7. The van der Waals surface area contributed by atoms with Gasteiger partial charge < -0.3 is 10.1 Å². The first kappa shape index (κ1) is 16.0. The van der Waals surface area contributed by atoms with Crippen LogP contribution >= 0.6 is 15.9 Å². The first-order valence-corrected chi connectivity index (χ1v) is 7.23. The number of hydrogen-bond donors (Lipinski definition) is 1. The number of carbonyl (C=O) groups excluding carboxylic acids is 1. The third-order valence-corrected chi connectivity index (χ3v) is 2.79. The number of unbranched alkanes of at least 4 members (excludes halogenated alkanes) is 1. The van der Waals surface area contributed by atoms with Crippen LogP contribution in [0.1, 0.15) is 39.3 Å². The molecule has 0 atom stereocenters. The summed E-state index contributed by atoms with van der Waals surface area (Å²) in [7, 11) is 0. The highest BCUT2D eigenvalue weighted by Crippen LogP contribution is 2.09. The van der Waals surface area contributed by atoms with Crippen molar-refractivity contribution in [1.29, 1.82) is 0 Å². The molecule has 0 radical (unpaired) electrons. The Kier molecular flexibility index (Phi) is 6.28. The van der Waals surface area contributed by atoms with E-state index in [1.54, 1.807) is 6.20 Å². The fourth-order valence-electron chi connectivity index (χ4n) is 1.49. The maximum absolute atomic E-state index is 11.4. The van der Waals surface area contributed by atoms with E-state index in [1.165, 1.54) is 0 Å². The largest absolute Gasteiger partial charge is 0.444 e. The summed E-state index contributed by atoms with van der Waals surface area (Å²) < 4.78 is 6.14. The highest BCUT2D eigenvalue weighted by Gasteiger charge is 2.15. The van der Waals surface area contributed by atoms with Gasteiger partial charge in [-0.15, -0.1) is 0 Å². The molecule has 0 saturated carbocycles. The molecule has 106 valence electrons. The minimum absolute atomic E-state index is 0.353. The van der Waals surface area contributed by atoms with Gasteiger partial charge in [-0.25, -0.2) is 4.79 Å². The molecule has 0 aromatic carbocycles. The molecule has 1 amide bonds. The van der Waals surface area contributed by atoms with E-state index in [-0.39, 0.29) is 6.09 Å². The molecule has 1 heterocycles. The second-order valence-electron chi connectivity index (χ2n) is 5.35. The zero-order chi connectivity index (χ0) is 14.3. The smallest absolute Gasteiger partial charge is 0.407 e. The highest BCUT2D eigenvalue weighted by molar-refractivity contribution is 9.10. The van der Waals surface area contributed by atoms with Gasteiger partial charge in [0.2, 0.25) is 0 Å². The molecule has 4 nitrogen and oxygen atoms in total. The normalized spacial score (nSPS) is 11.2. The minimum Gasteiger partial charge on any atom is -0.444 e. The van der Waals surface area contributed by atoms with E-state index >= 15 is 0 Å². The van der Waals surface area contributed by atoms with Crippen LogP contribution in [0.4, 0.5) is 4.79 Å². The molecule has 0 unspecified atom stereocenters. The Balaban J connectivity index is 2.11. The number of amides is 1. The summed E-state index contributed by atoms with van der Waals surface area (Å²) in [6, 6.07) is 3.99. The fourth-order valence-corrected chi connectivity index (χ4v) is 1.72. The van der Waals surface area contributed by atoms with Crippen molar-refractivity contribution >= 4 is 22.0 Å². The summed E-state index contributed by atoms with van der Waals surface area (Å²) in [6.07, 6.45) is 4.27. The van der Waals surface area contributed by atoms with Crippen molar-refractivity contribution in [2.45, 2.75) is 45.6 Å². The summed E-state index contributed by atoms with van der Waals surface area (Å²) in [5.74, 6) is 0. The fraction of sp³-hybridized carbons (Fsp3) is 0.571. The summed E-state index contributed by atoms with van der Waals surface area (Å²) >= 11 is 3.35. The van der Waals surface area contributed by atoms with Gasteiger partial charge in [-0.3, -0.25) is 4.98 Å². The molecular formula is C14H21BrN2O2. The molecule has 0 aliphatic heterocycles. The molecule has 0 spiro atoms. The van der Waals surface area contributed by atoms with Crippen LogP contribution in [0.25, 0.3) is 0 Å². The lowest BCUT2D eigenvalue weighted by atomic mass is 10.2. The predicted octanol–water partition coefficient (Wildman–Crippen LogP) is 3.69. The van der Waals surface area contributed by atoms with Crippen LogP contribution in [0.15, 0.2) is 22.8 Å². The molecule has 0 fully saturated rings. The van der Waals surface area contributed by atoms with E-state index in [1.807, 2.05) is 32.9 Å². The molecule has 1 N–H and O–H groups in total. The molecule has 0 saturated heterocycles. The van der Waals surface area contributed by atoms with Gasteiger partial charge in [-0.05, 0) is 68.1 Å². The molecule has 19 heavy (non-hydrogen) atoms. The lowest BCUT2D eigenvalue weighted by Gasteiger charge is -2.19. The lowest BCUT2D eigenvalue weighted by molar-refractivity contribution is 0.0527. The summed E-state index contributed by atoms with van der Waals surface area (Å²) in [5, 5.41) is 2.75. The van der Waals surface area contributed by atoms with Gasteiger partial charge in [0.05, 0.1) is 0 Å². The van der Waals surface area contributed by atoms with Crippen molar-refractivity contribution in [3.8, 4) is 0 Å². The predicted molar refractivity (Wildman–Crippen MR) is 79.1 cm³/mol. The summed E-state index contributed by atoms with van der Waals surface area (Å²) in [5.41, 5.74) is 0.631.